The van der Waals surface area contributed by atoms with Gasteiger partial charge in [-0.2, -0.15) is 4.98 Å². The number of nitrogens with two attached hydrogens (primary N) is 1. The van der Waals surface area contributed by atoms with Gasteiger partial charge < -0.3 is 30.5 Å². The lowest BCUT2D eigenvalue weighted by molar-refractivity contribution is 0.0626. The molecular weight excluding hydrogens is 442 g/mol. The van der Waals surface area contributed by atoms with E-state index in [1.54, 1.807) is 7.11 Å². The van der Waals surface area contributed by atoms with Crippen molar-refractivity contribution >= 4 is 17.8 Å². The van der Waals surface area contributed by atoms with E-state index in [1.807, 2.05) is 11.0 Å². The van der Waals surface area contributed by atoms with E-state index in [-0.39, 0.29) is 12.1 Å². The third-order valence-corrected chi connectivity index (χ3v) is 7.69. The minimum Gasteiger partial charge on any atom is -0.381 e. The van der Waals surface area contributed by atoms with Crippen molar-refractivity contribution < 1.29 is 9.53 Å². The number of nitrogen functional groups attached to an aromatic ring is 1. The summed E-state index contributed by atoms with van der Waals surface area (Å²) in [5.41, 5.74) is 10.4. The molecule has 0 radical (unpaired) electrons. The Balaban J connectivity index is 1.28. The summed E-state index contributed by atoms with van der Waals surface area (Å²) >= 11 is 0. The number of urea groups is 1. The van der Waals surface area contributed by atoms with Gasteiger partial charge in [0.15, 0.2) is 0 Å². The molecule has 0 bridgehead atoms. The Morgan fingerprint density at radius 2 is 1.80 bits per heavy atom. The quantitative estimate of drug-likeness (QED) is 0.695. The highest BCUT2D eigenvalue weighted by molar-refractivity contribution is 5.75. The van der Waals surface area contributed by atoms with E-state index in [4.69, 9.17) is 10.5 Å². The smallest absolute Gasteiger partial charge is 0.317 e. The molecule has 3 aliphatic rings. The predicted molar refractivity (Wildman–Crippen MR) is 137 cm³/mol. The summed E-state index contributed by atoms with van der Waals surface area (Å²) in [5.74, 6) is 1.17. The number of aromatic nitrogens is 2. The number of hydrogen-bond acceptors (Lipinski definition) is 7. The zero-order chi connectivity index (χ0) is 24.4. The van der Waals surface area contributed by atoms with Crippen molar-refractivity contribution in [1.82, 2.24) is 25.1 Å². The third-order valence-electron chi connectivity index (χ3n) is 7.69. The molecule has 1 aromatic heterocycles. The average Bonchev–Trinajstić information content (AvgIpc) is 2.88. The van der Waals surface area contributed by atoms with Crippen molar-refractivity contribution in [3.05, 3.63) is 35.4 Å². The van der Waals surface area contributed by atoms with Crippen LogP contribution in [0.3, 0.4) is 0 Å². The number of ether oxygens (including phenoxy) is 1. The fraction of sp³-hybridized carbons (Fsp3) is 0.577. The second-order valence-electron chi connectivity index (χ2n) is 10.1. The summed E-state index contributed by atoms with van der Waals surface area (Å²) in [4.78, 5) is 28.6. The fourth-order valence-corrected chi connectivity index (χ4v) is 5.40. The first-order valence-electron chi connectivity index (χ1n) is 12.8. The minimum absolute atomic E-state index is 0.0329. The fourth-order valence-electron chi connectivity index (χ4n) is 5.40. The zero-order valence-corrected chi connectivity index (χ0v) is 20.9. The van der Waals surface area contributed by atoms with Gasteiger partial charge in [0.1, 0.15) is 5.82 Å². The Morgan fingerprint density at radius 1 is 1.03 bits per heavy atom. The van der Waals surface area contributed by atoms with E-state index in [0.717, 1.165) is 81.9 Å². The van der Waals surface area contributed by atoms with Crippen LogP contribution in [0.4, 0.5) is 16.6 Å². The molecule has 5 rings (SSSR count). The van der Waals surface area contributed by atoms with E-state index >= 15 is 0 Å². The summed E-state index contributed by atoms with van der Waals surface area (Å²) < 4.78 is 5.46. The van der Waals surface area contributed by atoms with E-state index < -0.39 is 0 Å². The Morgan fingerprint density at radius 3 is 2.54 bits per heavy atom. The predicted octanol–water partition coefficient (Wildman–Crippen LogP) is 2.50. The number of carbonyl (C=O) groups is 1. The third kappa shape index (κ3) is 5.51. The number of benzene rings is 1. The topological polar surface area (TPSA) is 99.9 Å². The highest BCUT2D eigenvalue weighted by Gasteiger charge is 2.26. The number of rotatable bonds is 4. The van der Waals surface area contributed by atoms with Crippen LogP contribution in [0.25, 0.3) is 11.3 Å². The Hall–Kier alpha value is -2.91. The maximum Gasteiger partial charge on any atom is 0.317 e. The number of anilines is 2. The van der Waals surface area contributed by atoms with Gasteiger partial charge in [-0.3, -0.25) is 0 Å². The number of carbonyl (C=O) groups excluding carboxylic acids is 1. The number of methoxy groups -OCH3 is 1. The Labute approximate surface area is 207 Å². The van der Waals surface area contributed by atoms with Gasteiger partial charge in [-0.05, 0) is 56.3 Å². The SMILES string of the molecule is CO[C@H]1CC[C@H](NC(=O)N2CCc3ccc(-c4cc(N5CCN(C)CC5)nc(N)n4)cc3C2)CC1. The number of fused-ring (bicyclic) bond motifs is 1. The molecule has 0 unspecified atom stereocenters. The average molecular weight is 480 g/mol. The molecule has 2 amide bonds. The van der Waals surface area contributed by atoms with Crippen LogP contribution in [-0.4, -0.2) is 84.8 Å². The van der Waals surface area contributed by atoms with Gasteiger partial charge in [0.05, 0.1) is 11.8 Å². The summed E-state index contributed by atoms with van der Waals surface area (Å²) in [6.07, 6.45) is 5.15. The number of hydrogen-bond donors (Lipinski definition) is 2. The van der Waals surface area contributed by atoms with Gasteiger partial charge in [0.2, 0.25) is 5.95 Å². The molecule has 2 fully saturated rings. The van der Waals surface area contributed by atoms with Crippen molar-refractivity contribution in [2.75, 3.05) is 57.5 Å². The Kier molecular flexibility index (Phi) is 7.06. The van der Waals surface area contributed by atoms with Gasteiger partial charge in [-0.25, -0.2) is 9.78 Å². The van der Waals surface area contributed by atoms with Gasteiger partial charge in [-0.15, -0.1) is 0 Å². The van der Waals surface area contributed by atoms with Gasteiger partial charge in [0.25, 0.3) is 0 Å². The number of nitrogens with zero attached hydrogens (tertiary/aromatic N) is 5. The second kappa shape index (κ2) is 10.4. The number of likely N-dealkylation sites (N-methyl/N-ethyl adjacent to an activating group) is 1. The van der Waals surface area contributed by atoms with Crippen LogP contribution in [0.1, 0.15) is 36.8 Å². The van der Waals surface area contributed by atoms with Crippen molar-refractivity contribution in [3.8, 4) is 11.3 Å². The van der Waals surface area contributed by atoms with Crippen LogP contribution >= 0.6 is 0 Å². The lowest BCUT2D eigenvalue weighted by Gasteiger charge is -2.33. The molecule has 0 spiro atoms. The van der Waals surface area contributed by atoms with Crippen LogP contribution in [-0.2, 0) is 17.7 Å². The molecule has 2 aromatic rings. The second-order valence-corrected chi connectivity index (χ2v) is 10.1. The molecule has 1 saturated carbocycles. The molecule has 188 valence electrons. The maximum absolute atomic E-state index is 13.0. The molecule has 3 heterocycles. The Bertz CT molecular complexity index is 1050. The van der Waals surface area contributed by atoms with Crippen molar-refractivity contribution in [3.63, 3.8) is 0 Å². The van der Waals surface area contributed by atoms with E-state index in [2.05, 4.69) is 50.3 Å². The summed E-state index contributed by atoms with van der Waals surface area (Å²) in [6, 6.07) is 8.74. The van der Waals surface area contributed by atoms with Crippen molar-refractivity contribution in [1.29, 1.82) is 0 Å². The summed E-state index contributed by atoms with van der Waals surface area (Å²) in [6.45, 7) is 5.20. The van der Waals surface area contributed by atoms with Crippen LogP contribution in [0, 0.1) is 0 Å². The van der Waals surface area contributed by atoms with Crippen LogP contribution in [0.5, 0.6) is 0 Å². The monoisotopic (exact) mass is 479 g/mol. The highest BCUT2D eigenvalue weighted by atomic mass is 16.5. The molecule has 35 heavy (non-hydrogen) atoms. The first kappa shape index (κ1) is 23.8. The summed E-state index contributed by atoms with van der Waals surface area (Å²) in [5, 5.41) is 3.25. The number of piperazine rings is 1. The summed E-state index contributed by atoms with van der Waals surface area (Å²) in [7, 11) is 3.91. The molecule has 1 saturated heterocycles. The van der Waals surface area contributed by atoms with E-state index in [9.17, 15) is 4.79 Å². The van der Waals surface area contributed by atoms with Crippen molar-refractivity contribution in [2.24, 2.45) is 0 Å². The minimum atomic E-state index is 0.0329. The normalized spacial score (nSPS) is 23.1. The molecule has 9 nitrogen and oxygen atoms in total. The molecule has 3 N–H and O–H groups in total. The molecule has 1 aromatic carbocycles. The standard InChI is InChI=1S/C26H37N7O2/c1-31-11-13-32(14-12-31)24-16-23(29-25(27)30-24)19-4-3-18-9-10-33(17-20(18)15-19)26(34)28-21-5-7-22(35-2)8-6-21/h3-4,15-16,21-22H,5-14,17H2,1-2H3,(H,28,34)(H2,27,29,30)/t21-,22-. The first-order valence-corrected chi connectivity index (χ1v) is 12.8. The lowest BCUT2D eigenvalue weighted by Crippen LogP contribution is -2.48. The van der Waals surface area contributed by atoms with Crippen LogP contribution in [0.2, 0.25) is 0 Å². The number of nitrogens with one attached hydrogen (secondary N) is 1. The van der Waals surface area contributed by atoms with Gasteiger partial charge in [-0.1, -0.05) is 12.1 Å². The lowest BCUT2D eigenvalue weighted by atomic mass is 9.93. The van der Waals surface area contributed by atoms with Crippen molar-refractivity contribution in [2.45, 2.75) is 50.8 Å². The van der Waals surface area contributed by atoms with Crippen LogP contribution < -0.4 is 16.0 Å². The molecule has 0 atom stereocenters. The van der Waals surface area contributed by atoms with Crippen LogP contribution in [0.15, 0.2) is 24.3 Å². The molecular formula is C26H37N7O2. The van der Waals surface area contributed by atoms with Gasteiger partial charge >= 0.3 is 6.03 Å². The molecule has 2 aliphatic heterocycles. The zero-order valence-electron chi connectivity index (χ0n) is 20.9. The maximum atomic E-state index is 13.0. The first-order chi connectivity index (χ1) is 17.0. The number of amides is 2. The molecule has 9 heteroatoms. The van der Waals surface area contributed by atoms with Gasteiger partial charge in [0, 0.05) is 64.0 Å². The van der Waals surface area contributed by atoms with E-state index in [0.29, 0.717) is 18.6 Å². The largest absolute Gasteiger partial charge is 0.381 e. The highest BCUT2D eigenvalue weighted by Crippen LogP contribution is 2.28. The van der Waals surface area contributed by atoms with E-state index in [1.165, 1.54) is 11.1 Å². The molecule has 1 aliphatic carbocycles.